The number of carbonyl (C=O) groups is 1. The number of hydrogen-bond donors (Lipinski definition) is 1. The van der Waals surface area contributed by atoms with Crippen molar-refractivity contribution in [2.75, 3.05) is 41.6 Å². The van der Waals surface area contributed by atoms with Crippen LogP contribution in [0, 0.1) is 0 Å². The Hall–Kier alpha value is -4.66. The Bertz CT molecular complexity index is 1510. The van der Waals surface area contributed by atoms with E-state index >= 15 is 0 Å². The van der Waals surface area contributed by atoms with Gasteiger partial charge in [-0.3, -0.25) is 4.79 Å². The topological polar surface area (TPSA) is 93.1 Å². The zero-order valence-corrected chi connectivity index (χ0v) is 25.5. The number of carbonyl (C=O) groups excluding carboxylic acids is 1. The number of unbranched alkanes of at least 4 members (excludes halogenated alkanes) is 1. The van der Waals surface area contributed by atoms with Gasteiger partial charge in [-0.25, -0.2) is 4.98 Å². The van der Waals surface area contributed by atoms with Crippen LogP contribution < -0.4 is 29.0 Å². The number of nitrogens with zero attached hydrogens (tertiary/aromatic N) is 2. The predicted octanol–water partition coefficient (Wildman–Crippen LogP) is 6.02. The van der Waals surface area contributed by atoms with Gasteiger partial charge in [0.15, 0.2) is 23.0 Å². The summed E-state index contributed by atoms with van der Waals surface area (Å²) in [4.78, 5) is 17.8. The van der Waals surface area contributed by atoms with E-state index in [2.05, 4.69) is 22.5 Å². The van der Waals surface area contributed by atoms with Crippen molar-refractivity contribution in [3.05, 3.63) is 84.2 Å². The van der Waals surface area contributed by atoms with Gasteiger partial charge in [-0.15, -0.1) is 6.58 Å². The van der Waals surface area contributed by atoms with Crippen LogP contribution in [0.2, 0.25) is 0 Å². The minimum atomic E-state index is -0.209. The van der Waals surface area contributed by atoms with E-state index < -0.39 is 0 Å². The van der Waals surface area contributed by atoms with E-state index in [-0.39, 0.29) is 5.91 Å². The van der Waals surface area contributed by atoms with E-state index in [0.29, 0.717) is 36.0 Å². The summed E-state index contributed by atoms with van der Waals surface area (Å²) in [6.07, 6.45) is 5.95. The van der Waals surface area contributed by atoms with Crippen LogP contribution in [-0.4, -0.2) is 57.0 Å². The second-order valence-electron chi connectivity index (χ2n) is 9.98. The molecule has 0 radical (unpaired) electrons. The maximum atomic E-state index is 12.9. The van der Waals surface area contributed by atoms with Crippen LogP contribution in [0.5, 0.6) is 28.7 Å². The van der Waals surface area contributed by atoms with Crippen molar-refractivity contribution >= 4 is 16.9 Å². The Kier molecular flexibility index (Phi) is 11.3. The average Bonchev–Trinajstić information content (AvgIpc) is 3.39. The summed E-state index contributed by atoms with van der Waals surface area (Å²) >= 11 is 0. The van der Waals surface area contributed by atoms with Gasteiger partial charge in [0.1, 0.15) is 5.82 Å². The fraction of sp³-hybridized carbons (Fsp3) is 0.353. The molecule has 0 bridgehead atoms. The van der Waals surface area contributed by atoms with Gasteiger partial charge in [-0.05, 0) is 67.6 Å². The van der Waals surface area contributed by atoms with Crippen molar-refractivity contribution in [1.82, 2.24) is 14.9 Å². The highest BCUT2D eigenvalue weighted by molar-refractivity contribution is 5.95. The standard InChI is InChI=1S/C34H41N3O6/c1-6-12-24-16-17-28(29(21-24)39-2)43-20-10-9-19-37-27-14-8-7-13-26(27)36-32(37)15-11-18-35-34(38)25-22-30(40-3)33(42-5)31(23-25)41-4/h6-8,13-14,16-17,21-23H,1,9-12,15,18-20H2,2-5H3,(H,35,38). The first-order chi connectivity index (χ1) is 21.0. The van der Waals surface area contributed by atoms with Gasteiger partial charge in [0, 0.05) is 25.1 Å². The molecule has 0 aliphatic rings. The minimum absolute atomic E-state index is 0.209. The molecule has 1 heterocycles. The monoisotopic (exact) mass is 587 g/mol. The van der Waals surface area contributed by atoms with Gasteiger partial charge in [0.25, 0.3) is 5.91 Å². The van der Waals surface area contributed by atoms with E-state index in [1.807, 2.05) is 42.5 Å². The van der Waals surface area contributed by atoms with Gasteiger partial charge in [0.05, 0.1) is 46.1 Å². The van der Waals surface area contributed by atoms with Crippen LogP contribution in [0.25, 0.3) is 11.0 Å². The van der Waals surface area contributed by atoms with Crippen LogP contribution in [-0.2, 0) is 19.4 Å². The zero-order chi connectivity index (χ0) is 30.6. The number of para-hydroxylation sites is 2. The van der Waals surface area contributed by atoms with E-state index in [1.54, 1.807) is 19.2 Å². The zero-order valence-electron chi connectivity index (χ0n) is 25.5. The molecule has 1 aromatic heterocycles. The minimum Gasteiger partial charge on any atom is -0.493 e. The molecule has 4 rings (SSSR count). The van der Waals surface area contributed by atoms with Crippen LogP contribution in [0.15, 0.2) is 67.3 Å². The third-order valence-electron chi connectivity index (χ3n) is 7.16. The van der Waals surface area contributed by atoms with Gasteiger partial charge < -0.3 is 33.6 Å². The van der Waals surface area contributed by atoms with Crippen molar-refractivity contribution in [2.24, 2.45) is 0 Å². The second-order valence-corrected chi connectivity index (χ2v) is 9.98. The van der Waals surface area contributed by atoms with Gasteiger partial charge in [-0.1, -0.05) is 24.3 Å². The Morgan fingerprint density at radius 2 is 1.63 bits per heavy atom. The summed E-state index contributed by atoms with van der Waals surface area (Å²) in [7, 11) is 6.24. The molecule has 1 amide bonds. The first kappa shape index (κ1) is 31.3. The van der Waals surface area contributed by atoms with E-state index in [0.717, 1.165) is 72.6 Å². The number of ether oxygens (including phenoxy) is 5. The van der Waals surface area contributed by atoms with Crippen molar-refractivity contribution in [1.29, 1.82) is 0 Å². The molecule has 43 heavy (non-hydrogen) atoms. The lowest BCUT2D eigenvalue weighted by molar-refractivity contribution is 0.0952. The van der Waals surface area contributed by atoms with Gasteiger partial charge in [0.2, 0.25) is 5.75 Å². The van der Waals surface area contributed by atoms with Crippen molar-refractivity contribution in [3.63, 3.8) is 0 Å². The third-order valence-corrected chi connectivity index (χ3v) is 7.16. The number of amides is 1. The third kappa shape index (κ3) is 7.80. The summed E-state index contributed by atoms with van der Waals surface area (Å²) < 4.78 is 29.9. The molecule has 0 spiro atoms. The maximum absolute atomic E-state index is 12.9. The molecule has 0 saturated carbocycles. The number of aromatic nitrogens is 2. The highest BCUT2D eigenvalue weighted by atomic mass is 16.5. The van der Waals surface area contributed by atoms with Gasteiger partial charge in [-0.2, -0.15) is 0 Å². The number of aryl methyl sites for hydroxylation is 2. The molecule has 4 aromatic rings. The van der Waals surface area contributed by atoms with Crippen molar-refractivity contribution < 1.29 is 28.5 Å². The largest absolute Gasteiger partial charge is 0.493 e. The molecule has 228 valence electrons. The van der Waals surface area contributed by atoms with E-state index in [1.165, 1.54) is 21.3 Å². The number of nitrogens with one attached hydrogen (secondary N) is 1. The summed E-state index contributed by atoms with van der Waals surface area (Å²) in [5, 5.41) is 3.00. The number of fused-ring (bicyclic) bond motifs is 1. The lowest BCUT2D eigenvalue weighted by Crippen LogP contribution is -2.25. The lowest BCUT2D eigenvalue weighted by Gasteiger charge is -2.14. The molecule has 0 unspecified atom stereocenters. The van der Waals surface area contributed by atoms with Crippen molar-refractivity contribution in [3.8, 4) is 28.7 Å². The Morgan fingerprint density at radius 3 is 2.33 bits per heavy atom. The number of allylic oxidation sites excluding steroid dienone is 1. The number of benzene rings is 3. The van der Waals surface area contributed by atoms with Gasteiger partial charge >= 0.3 is 0 Å². The fourth-order valence-electron chi connectivity index (χ4n) is 5.01. The molecule has 9 nitrogen and oxygen atoms in total. The maximum Gasteiger partial charge on any atom is 0.251 e. The molecule has 9 heteroatoms. The average molecular weight is 588 g/mol. The molecule has 0 aliphatic heterocycles. The van der Waals surface area contributed by atoms with Crippen LogP contribution in [0.4, 0.5) is 0 Å². The quantitative estimate of drug-likeness (QED) is 0.119. The van der Waals surface area contributed by atoms with Crippen LogP contribution in [0.3, 0.4) is 0 Å². The van der Waals surface area contributed by atoms with Crippen LogP contribution in [0.1, 0.15) is 41.0 Å². The molecule has 0 fully saturated rings. The lowest BCUT2D eigenvalue weighted by atomic mass is 10.1. The second kappa shape index (κ2) is 15.5. The highest BCUT2D eigenvalue weighted by Gasteiger charge is 2.17. The molecule has 0 saturated heterocycles. The number of rotatable bonds is 17. The molecule has 3 aromatic carbocycles. The molecular formula is C34H41N3O6. The number of methoxy groups -OCH3 is 4. The first-order valence-electron chi connectivity index (χ1n) is 14.5. The van der Waals surface area contributed by atoms with Crippen LogP contribution >= 0.6 is 0 Å². The summed E-state index contributed by atoms with van der Waals surface area (Å²) in [6, 6.07) is 17.5. The number of hydrogen-bond acceptors (Lipinski definition) is 7. The Labute approximate surface area is 253 Å². The Morgan fingerprint density at radius 1 is 0.884 bits per heavy atom. The summed E-state index contributed by atoms with van der Waals surface area (Å²) in [6.45, 7) is 5.71. The Balaban J connectivity index is 1.32. The molecule has 0 atom stereocenters. The van der Waals surface area contributed by atoms with Crippen molar-refractivity contribution in [2.45, 2.75) is 38.6 Å². The smallest absolute Gasteiger partial charge is 0.251 e. The normalized spacial score (nSPS) is 10.8. The molecular weight excluding hydrogens is 546 g/mol. The first-order valence-corrected chi connectivity index (χ1v) is 14.5. The number of imidazole rings is 1. The fourth-order valence-corrected chi connectivity index (χ4v) is 5.01. The van der Waals surface area contributed by atoms with E-state index in [9.17, 15) is 4.79 Å². The highest BCUT2D eigenvalue weighted by Crippen LogP contribution is 2.38. The molecule has 1 N–H and O–H groups in total. The molecule has 0 aliphatic carbocycles. The SMILES string of the molecule is C=CCc1ccc(OCCCCn2c(CCCNC(=O)c3cc(OC)c(OC)c(OC)c3)nc3ccccc32)c(OC)c1. The summed E-state index contributed by atoms with van der Waals surface area (Å²) in [5.74, 6) is 3.60. The summed E-state index contributed by atoms with van der Waals surface area (Å²) in [5.41, 5.74) is 3.66. The van der Waals surface area contributed by atoms with E-state index in [4.69, 9.17) is 28.7 Å². The predicted molar refractivity (Wildman–Crippen MR) is 168 cm³/mol.